The molecule has 3 amide bonds. The second-order valence-electron chi connectivity index (χ2n) is 9.31. The number of imide groups is 1. The van der Waals surface area contributed by atoms with Gasteiger partial charge in [0.1, 0.15) is 6.04 Å². The Hall–Kier alpha value is -4.34. The summed E-state index contributed by atoms with van der Waals surface area (Å²) in [5, 5.41) is 0. The van der Waals surface area contributed by atoms with Crippen molar-refractivity contribution in [1.82, 2.24) is 9.80 Å². The first-order valence-corrected chi connectivity index (χ1v) is 12.3. The van der Waals surface area contributed by atoms with Crippen molar-refractivity contribution in [2.24, 2.45) is 0 Å². The third kappa shape index (κ3) is 3.79. The molecule has 0 N–H and O–H groups in total. The molecule has 0 aliphatic carbocycles. The molecule has 9 heteroatoms. The number of nitrogens with zero attached hydrogens (tertiary/aromatic N) is 2. The second-order valence-corrected chi connectivity index (χ2v) is 9.31. The van der Waals surface area contributed by atoms with Crippen LogP contribution >= 0.6 is 0 Å². The maximum absolute atomic E-state index is 13.5. The van der Waals surface area contributed by atoms with E-state index in [4.69, 9.17) is 14.2 Å². The number of amides is 3. The Morgan fingerprint density at radius 1 is 0.842 bits per heavy atom. The number of rotatable bonds is 6. The van der Waals surface area contributed by atoms with E-state index in [-0.39, 0.29) is 17.5 Å². The topological polar surface area (TPSA) is 102 Å². The lowest BCUT2D eigenvalue weighted by atomic mass is 9.88. The summed E-state index contributed by atoms with van der Waals surface area (Å²) in [6, 6.07) is 23.2. The third-order valence-corrected chi connectivity index (χ3v) is 7.20. The van der Waals surface area contributed by atoms with Crippen LogP contribution < -0.4 is 0 Å². The minimum atomic E-state index is -1.40. The fraction of sp³-hybridized carbons (Fsp3) is 0.241. The van der Waals surface area contributed by atoms with Crippen LogP contribution in [0.15, 0.2) is 84.9 Å². The van der Waals surface area contributed by atoms with Crippen molar-refractivity contribution < 1.29 is 33.4 Å². The Kier molecular flexibility index (Phi) is 6.01. The molecular formula is C29H24N2O7. The first-order chi connectivity index (χ1) is 18.5. The van der Waals surface area contributed by atoms with Gasteiger partial charge in [-0.15, -0.1) is 0 Å². The SMILES string of the molecule is CO[C@@H]1CC2C(N3C(=O)c4ccccc4C3=O)C(=O)N2[C@@H](C(=O)OC(c2ccccc2)c2ccccc2)O1. The zero-order chi connectivity index (χ0) is 26.4. The van der Waals surface area contributed by atoms with Gasteiger partial charge in [0.2, 0.25) is 6.23 Å². The van der Waals surface area contributed by atoms with Crippen LogP contribution in [0.5, 0.6) is 0 Å². The van der Waals surface area contributed by atoms with E-state index in [0.717, 1.165) is 16.0 Å². The van der Waals surface area contributed by atoms with E-state index >= 15 is 0 Å². The van der Waals surface area contributed by atoms with Gasteiger partial charge in [-0.3, -0.25) is 24.2 Å². The largest absolute Gasteiger partial charge is 0.449 e. The molecule has 2 saturated heterocycles. The van der Waals surface area contributed by atoms with Gasteiger partial charge in [0.05, 0.1) is 17.2 Å². The Morgan fingerprint density at radius 3 is 1.89 bits per heavy atom. The van der Waals surface area contributed by atoms with Crippen LogP contribution in [0.3, 0.4) is 0 Å². The molecule has 0 bridgehead atoms. The molecule has 4 atom stereocenters. The van der Waals surface area contributed by atoms with Crippen LogP contribution in [0.25, 0.3) is 0 Å². The van der Waals surface area contributed by atoms with Gasteiger partial charge in [-0.25, -0.2) is 4.79 Å². The van der Waals surface area contributed by atoms with Gasteiger partial charge in [0.25, 0.3) is 17.7 Å². The minimum absolute atomic E-state index is 0.185. The standard InChI is InChI=1S/C29H24N2O7/c1-36-22-16-21-23(31-25(32)19-14-8-9-15-20(19)26(31)33)27(34)30(21)28(37-22)29(35)38-24(17-10-4-2-5-11-17)18-12-6-3-7-13-18/h2-15,21-24,28H,16H2,1H3/t21?,22-,23?,28+/m0/s1. The van der Waals surface area contributed by atoms with E-state index in [1.165, 1.54) is 12.0 Å². The summed E-state index contributed by atoms with van der Waals surface area (Å²) in [6.45, 7) is 0. The van der Waals surface area contributed by atoms with Crippen molar-refractivity contribution in [3.63, 3.8) is 0 Å². The number of ether oxygens (including phenoxy) is 3. The molecule has 0 saturated carbocycles. The molecule has 3 aromatic rings. The summed E-state index contributed by atoms with van der Waals surface area (Å²) < 4.78 is 17.2. The van der Waals surface area contributed by atoms with Gasteiger partial charge in [-0.1, -0.05) is 72.8 Å². The Balaban J connectivity index is 1.27. The van der Waals surface area contributed by atoms with Gasteiger partial charge >= 0.3 is 5.97 Å². The first-order valence-electron chi connectivity index (χ1n) is 12.3. The lowest BCUT2D eigenvalue weighted by molar-refractivity contribution is -0.268. The van der Waals surface area contributed by atoms with E-state index < -0.39 is 54.4 Å². The highest BCUT2D eigenvalue weighted by atomic mass is 16.7. The van der Waals surface area contributed by atoms with Crippen LogP contribution in [-0.2, 0) is 23.8 Å². The summed E-state index contributed by atoms with van der Waals surface area (Å²) in [5.74, 6) is -2.39. The molecule has 0 aromatic heterocycles. The Bertz CT molecular complexity index is 1340. The number of fused-ring (bicyclic) bond motifs is 2. The number of benzene rings is 3. The van der Waals surface area contributed by atoms with Crippen molar-refractivity contribution in [2.75, 3.05) is 7.11 Å². The van der Waals surface area contributed by atoms with Gasteiger partial charge in [-0.2, -0.15) is 0 Å². The molecule has 6 rings (SSSR count). The average molecular weight is 513 g/mol. The number of β-lactam (4-membered cyclic amide) rings is 1. The monoisotopic (exact) mass is 512 g/mol. The maximum atomic E-state index is 13.5. The summed E-state index contributed by atoms with van der Waals surface area (Å²) in [6.07, 6.45) is -2.79. The molecular weight excluding hydrogens is 488 g/mol. The second kappa shape index (κ2) is 9.51. The number of methoxy groups -OCH3 is 1. The highest BCUT2D eigenvalue weighted by Gasteiger charge is 2.62. The quantitative estimate of drug-likeness (QED) is 0.284. The molecule has 3 heterocycles. The molecule has 38 heavy (non-hydrogen) atoms. The molecule has 192 valence electrons. The van der Waals surface area contributed by atoms with Crippen LogP contribution in [0.4, 0.5) is 0 Å². The van der Waals surface area contributed by atoms with Gasteiger partial charge in [0.15, 0.2) is 12.4 Å². The zero-order valence-electron chi connectivity index (χ0n) is 20.4. The number of esters is 1. The number of hydrogen-bond donors (Lipinski definition) is 0. The normalized spacial score (nSPS) is 24.2. The van der Waals surface area contributed by atoms with Crippen molar-refractivity contribution in [2.45, 2.75) is 37.1 Å². The third-order valence-electron chi connectivity index (χ3n) is 7.20. The van der Waals surface area contributed by atoms with E-state index in [2.05, 4.69) is 0 Å². The van der Waals surface area contributed by atoms with E-state index in [0.29, 0.717) is 0 Å². The van der Waals surface area contributed by atoms with E-state index in [1.54, 1.807) is 24.3 Å². The number of carbonyl (C=O) groups is 4. The zero-order valence-corrected chi connectivity index (χ0v) is 20.4. The van der Waals surface area contributed by atoms with Crippen LogP contribution in [0, 0.1) is 0 Å². The highest BCUT2D eigenvalue weighted by molar-refractivity contribution is 6.23. The van der Waals surface area contributed by atoms with Crippen LogP contribution in [-0.4, -0.2) is 65.2 Å². The maximum Gasteiger partial charge on any atom is 0.357 e. The van der Waals surface area contributed by atoms with Crippen molar-refractivity contribution in [1.29, 1.82) is 0 Å². The van der Waals surface area contributed by atoms with Crippen molar-refractivity contribution in [3.05, 3.63) is 107 Å². The predicted octanol–water partition coefficient (Wildman–Crippen LogP) is 2.91. The molecule has 2 fully saturated rings. The molecule has 2 unspecified atom stereocenters. The van der Waals surface area contributed by atoms with Gasteiger partial charge < -0.3 is 14.2 Å². The van der Waals surface area contributed by atoms with E-state index in [9.17, 15) is 19.2 Å². The number of hydrogen-bond acceptors (Lipinski definition) is 7. The molecule has 0 spiro atoms. The van der Waals surface area contributed by atoms with Crippen LogP contribution in [0.2, 0.25) is 0 Å². The predicted molar refractivity (Wildman–Crippen MR) is 132 cm³/mol. The van der Waals surface area contributed by atoms with Crippen LogP contribution in [0.1, 0.15) is 44.4 Å². The van der Waals surface area contributed by atoms with Gasteiger partial charge in [-0.05, 0) is 23.3 Å². The average Bonchev–Trinajstić information content (AvgIpc) is 3.21. The molecule has 9 nitrogen and oxygen atoms in total. The Labute approximate surface area is 218 Å². The highest BCUT2D eigenvalue weighted by Crippen LogP contribution is 2.40. The fourth-order valence-electron chi connectivity index (χ4n) is 5.37. The molecule has 3 aliphatic heterocycles. The lowest BCUT2D eigenvalue weighted by Gasteiger charge is -2.55. The summed E-state index contributed by atoms with van der Waals surface area (Å²) in [7, 11) is 1.43. The minimum Gasteiger partial charge on any atom is -0.449 e. The lowest BCUT2D eigenvalue weighted by Crippen LogP contribution is -2.77. The smallest absolute Gasteiger partial charge is 0.357 e. The Morgan fingerprint density at radius 2 is 1.37 bits per heavy atom. The molecule has 3 aliphatic rings. The summed E-state index contributed by atoms with van der Waals surface area (Å²) in [4.78, 5) is 55.3. The number of carbonyl (C=O) groups excluding carboxylic acids is 4. The first kappa shape index (κ1) is 24.0. The van der Waals surface area contributed by atoms with Crippen molar-refractivity contribution >= 4 is 23.7 Å². The summed E-state index contributed by atoms with van der Waals surface area (Å²) in [5.41, 5.74) is 2.01. The van der Waals surface area contributed by atoms with E-state index in [1.807, 2.05) is 60.7 Å². The molecule has 3 aromatic carbocycles. The fourth-order valence-corrected chi connectivity index (χ4v) is 5.37. The summed E-state index contributed by atoms with van der Waals surface area (Å²) >= 11 is 0. The van der Waals surface area contributed by atoms with Crippen molar-refractivity contribution in [3.8, 4) is 0 Å². The molecule has 0 radical (unpaired) electrons. The van der Waals surface area contributed by atoms with Gasteiger partial charge in [0, 0.05) is 13.5 Å².